The van der Waals surface area contributed by atoms with Gasteiger partial charge in [-0.2, -0.15) is 0 Å². The molecule has 146 valence electrons. The molecule has 0 radical (unpaired) electrons. The second-order valence-electron chi connectivity index (χ2n) is 6.03. The first-order valence-electron chi connectivity index (χ1n) is 8.80. The van der Waals surface area contributed by atoms with Crippen molar-refractivity contribution in [1.82, 2.24) is 15.5 Å². The molecule has 1 aliphatic rings. The number of nitrogens with one attached hydrogen (secondary N) is 2. The van der Waals surface area contributed by atoms with Crippen LogP contribution in [0.15, 0.2) is 23.2 Å². The summed E-state index contributed by atoms with van der Waals surface area (Å²) in [7, 11) is 0. The van der Waals surface area contributed by atoms with Gasteiger partial charge in [0.15, 0.2) is 5.96 Å². The smallest absolute Gasteiger partial charge is 0.222 e. The number of guanidine groups is 1. The van der Waals surface area contributed by atoms with Gasteiger partial charge in [0.05, 0.1) is 0 Å². The summed E-state index contributed by atoms with van der Waals surface area (Å²) in [6.07, 6.45) is 1.87. The van der Waals surface area contributed by atoms with E-state index in [9.17, 15) is 9.18 Å². The summed E-state index contributed by atoms with van der Waals surface area (Å²) in [6.45, 7) is 6.50. The number of carbonyl (C=O) groups is 1. The van der Waals surface area contributed by atoms with Crippen LogP contribution in [0.25, 0.3) is 0 Å². The highest BCUT2D eigenvalue weighted by Gasteiger charge is 2.25. The molecule has 0 aromatic heterocycles. The number of aliphatic imine (C=N–C) groups is 1. The molecule has 26 heavy (non-hydrogen) atoms. The van der Waals surface area contributed by atoms with E-state index in [0.717, 1.165) is 19.5 Å². The van der Waals surface area contributed by atoms with Crippen molar-refractivity contribution in [1.29, 1.82) is 0 Å². The van der Waals surface area contributed by atoms with Gasteiger partial charge in [0, 0.05) is 49.2 Å². The number of carbonyl (C=O) groups excluding carboxylic acids is 1. The number of likely N-dealkylation sites (tertiary alicyclic amines) is 1. The Morgan fingerprint density at radius 3 is 2.85 bits per heavy atom. The summed E-state index contributed by atoms with van der Waals surface area (Å²) >= 11 is 6.05. The van der Waals surface area contributed by atoms with Crippen LogP contribution < -0.4 is 10.6 Å². The third kappa shape index (κ3) is 6.57. The van der Waals surface area contributed by atoms with Gasteiger partial charge in [0.1, 0.15) is 5.82 Å². The predicted octanol–water partition coefficient (Wildman–Crippen LogP) is 3.21. The van der Waals surface area contributed by atoms with Crippen LogP contribution >= 0.6 is 35.6 Å². The van der Waals surface area contributed by atoms with E-state index in [2.05, 4.69) is 15.6 Å². The van der Waals surface area contributed by atoms with E-state index >= 15 is 0 Å². The SMILES string of the molecule is CCNC(=NCCc1c(F)cccc1Cl)NC1CCN(C(=O)CC)C1.I. The number of rotatable bonds is 6. The second-order valence-corrected chi connectivity index (χ2v) is 6.44. The number of amides is 1. The van der Waals surface area contributed by atoms with Crippen LogP contribution in [0.1, 0.15) is 32.3 Å². The molecule has 1 atom stereocenters. The standard InChI is InChI=1S/C18H26ClFN4O.HI/c1-3-17(25)24-11-9-13(12-24)23-18(21-4-2)22-10-8-14-15(19)6-5-7-16(14)20;/h5-7,13H,3-4,8-12H2,1-2H3,(H2,21,22,23);1H. The fourth-order valence-corrected chi connectivity index (χ4v) is 3.15. The summed E-state index contributed by atoms with van der Waals surface area (Å²) in [6, 6.07) is 4.88. The molecule has 1 aromatic rings. The van der Waals surface area contributed by atoms with Gasteiger partial charge in [-0.25, -0.2) is 4.39 Å². The molecular weight excluding hydrogens is 470 g/mol. The molecule has 0 aliphatic carbocycles. The first kappa shape index (κ1) is 23.0. The van der Waals surface area contributed by atoms with Crippen molar-refractivity contribution >= 4 is 47.4 Å². The molecule has 1 heterocycles. The van der Waals surface area contributed by atoms with Crippen LogP contribution in [0.3, 0.4) is 0 Å². The Morgan fingerprint density at radius 1 is 1.42 bits per heavy atom. The Morgan fingerprint density at radius 2 is 2.19 bits per heavy atom. The molecule has 1 saturated heterocycles. The van der Waals surface area contributed by atoms with E-state index in [-0.39, 0.29) is 41.7 Å². The molecule has 8 heteroatoms. The number of hydrogen-bond acceptors (Lipinski definition) is 2. The largest absolute Gasteiger partial charge is 0.357 e. The van der Waals surface area contributed by atoms with Crippen LogP contribution in [-0.4, -0.2) is 49.0 Å². The van der Waals surface area contributed by atoms with Crippen LogP contribution in [0.2, 0.25) is 5.02 Å². The minimum absolute atomic E-state index is 0. The maximum Gasteiger partial charge on any atom is 0.222 e. The van der Waals surface area contributed by atoms with E-state index in [1.807, 2.05) is 18.7 Å². The zero-order chi connectivity index (χ0) is 18.2. The van der Waals surface area contributed by atoms with E-state index in [1.54, 1.807) is 12.1 Å². The molecule has 0 saturated carbocycles. The second kappa shape index (κ2) is 11.6. The topological polar surface area (TPSA) is 56.7 Å². The number of benzene rings is 1. The Hall–Kier alpha value is -1.09. The van der Waals surface area contributed by atoms with Crippen LogP contribution in [0.4, 0.5) is 4.39 Å². The highest BCUT2D eigenvalue weighted by molar-refractivity contribution is 14.0. The predicted molar refractivity (Wildman–Crippen MR) is 115 cm³/mol. The lowest BCUT2D eigenvalue weighted by Crippen LogP contribution is -2.45. The number of halogens is 3. The lowest BCUT2D eigenvalue weighted by Gasteiger charge is -2.18. The average Bonchev–Trinajstić information content (AvgIpc) is 3.05. The minimum atomic E-state index is -0.301. The maximum atomic E-state index is 13.8. The Bertz CT molecular complexity index is 609. The molecule has 2 rings (SSSR count). The van der Waals surface area contributed by atoms with Crippen molar-refractivity contribution in [3.63, 3.8) is 0 Å². The summed E-state index contributed by atoms with van der Waals surface area (Å²) in [5, 5.41) is 6.98. The van der Waals surface area contributed by atoms with Gasteiger partial charge in [0.25, 0.3) is 0 Å². The Balaban J connectivity index is 0.00000338. The average molecular weight is 497 g/mol. The molecule has 1 unspecified atom stereocenters. The normalized spacial score (nSPS) is 17.0. The van der Waals surface area contributed by atoms with Gasteiger partial charge in [0.2, 0.25) is 5.91 Å². The van der Waals surface area contributed by atoms with E-state index < -0.39 is 0 Å². The van der Waals surface area contributed by atoms with Crippen LogP contribution in [0, 0.1) is 5.82 Å². The highest BCUT2D eigenvalue weighted by Crippen LogP contribution is 2.19. The summed E-state index contributed by atoms with van der Waals surface area (Å²) in [5.41, 5.74) is 0.490. The van der Waals surface area contributed by atoms with Gasteiger partial charge in [-0.1, -0.05) is 24.6 Å². The molecule has 0 bridgehead atoms. The summed E-state index contributed by atoms with van der Waals surface area (Å²) < 4.78 is 13.8. The first-order valence-corrected chi connectivity index (χ1v) is 9.18. The van der Waals surface area contributed by atoms with Gasteiger partial charge in [-0.3, -0.25) is 9.79 Å². The molecule has 0 spiro atoms. The van der Waals surface area contributed by atoms with Crippen molar-refractivity contribution in [2.24, 2.45) is 4.99 Å². The fourth-order valence-electron chi connectivity index (χ4n) is 2.89. The van der Waals surface area contributed by atoms with Crippen molar-refractivity contribution < 1.29 is 9.18 Å². The van der Waals surface area contributed by atoms with Gasteiger partial charge in [-0.15, -0.1) is 24.0 Å². The quantitative estimate of drug-likeness (QED) is 0.361. The Labute approximate surface area is 176 Å². The molecule has 5 nitrogen and oxygen atoms in total. The van der Waals surface area contributed by atoms with Crippen molar-refractivity contribution in [3.8, 4) is 0 Å². The van der Waals surface area contributed by atoms with Crippen LogP contribution in [-0.2, 0) is 11.2 Å². The molecule has 2 N–H and O–H groups in total. The fraction of sp³-hybridized carbons (Fsp3) is 0.556. The molecule has 1 aliphatic heterocycles. The minimum Gasteiger partial charge on any atom is -0.357 e. The van der Waals surface area contributed by atoms with Crippen molar-refractivity contribution in [2.45, 2.75) is 39.2 Å². The lowest BCUT2D eigenvalue weighted by atomic mass is 10.1. The van der Waals surface area contributed by atoms with Gasteiger partial charge in [-0.05, 0) is 31.9 Å². The zero-order valence-electron chi connectivity index (χ0n) is 15.2. The maximum absolute atomic E-state index is 13.8. The van der Waals surface area contributed by atoms with Crippen LogP contribution in [0.5, 0.6) is 0 Å². The number of nitrogens with zero attached hydrogens (tertiary/aromatic N) is 2. The highest BCUT2D eigenvalue weighted by atomic mass is 127. The van der Waals surface area contributed by atoms with E-state index in [4.69, 9.17) is 11.6 Å². The third-order valence-corrected chi connectivity index (χ3v) is 4.58. The summed E-state index contributed by atoms with van der Waals surface area (Å²) in [5.74, 6) is 0.566. The van der Waals surface area contributed by atoms with E-state index in [1.165, 1.54) is 6.07 Å². The van der Waals surface area contributed by atoms with Gasteiger partial charge >= 0.3 is 0 Å². The Kier molecular flexibility index (Phi) is 10.2. The molecule has 1 amide bonds. The number of hydrogen-bond donors (Lipinski definition) is 2. The lowest BCUT2D eigenvalue weighted by molar-refractivity contribution is -0.129. The first-order chi connectivity index (χ1) is 12.0. The summed E-state index contributed by atoms with van der Waals surface area (Å²) in [4.78, 5) is 18.2. The molecular formula is C18H27ClFIN4O. The third-order valence-electron chi connectivity index (χ3n) is 4.22. The monoisotopic (exact) mass is 496 g/mol. The molecule has 1 fully saturated rings. The van der Waals surface area contributed by atoms with Crippen molar-refractivity contribution in [2.75, 3.05) is 26.2 Å². The van der Waals surface area contributed by atoms with E-state index in [0.29, 0.717) is 42.5 Å². The molecule has 1 aromatic carbocycles. The van der Waals surface area contributed by atoms with Gasteiger partial charge < -0.3 is 15.5 Å². The van der Waals surface area contributed by atoms with Crippen molar-refractivity contribution in [3.05, 3.63) is 34.6 Å². The zero-order valence-corrected chi connectivity index (χ0v) is 18.3.